The highest BCUT2D eigenvalue weighted by atomic mass is 19.1. The van der Waals surface area contributed by atoms with E-state index < -0.39 is 5.41 Å². The van der Waals surface area contributed by atoms with E-state index in [9.17, 15) is 14.0 Å². The van der Waals surface area contributed by atoms with E-state index in [4.69, 9.17) is 4.74 Å². The van der Waals surface area contributed by atoms with Crippen molar-refractivity contribution in [2.24, 2.45) is 5.41 Å². The molecule has 2 aromatic carbocycles. The van der Waals surface area contributed by atoms with E-state index in [1.54, 1.807) is 17.0 Å². The molecule has 1 fully saturated rings. The predicted molar refractivity (Wildman–Crippen MR) is 109 cm³/mol. The molecule has 1 unspecified atom stereocenters. The number of ether oxygens (including phenoxy) is 1. The highest BCUT2D eigenvalue weighted by Crippen LogP contribution is 2.30. The van der Waals surface area contributed by atoms with Crippen LogP contribution < -0.4 is 10.1 Å². The Hall–Kier alpha value is -2.89. The van der Waals surface area contributed by atoms with E-state index in [0.717, 1.165) is 17.5 Å². The smallest absolute Gasteiger partial charge is 0.260 e. The van der Waals surface area contributed by atoms with Gasteiger partial charge in [0.2, 0.25) is 5.91 Å². The Morgan fingerprint density at radius 1 is 1.21 bits per heavy atom. The second kappa shape index (κ2) is 9.07. The normalized spacial score (nSPS) is 18.9. The molecule has 0 aliphatic carbocycles. The minimum Gasteiger partial charge on any atom is -0.484 e. The molecule has 1 aliphatic heterocycles. The van der Waals surface area contributed by atoms with Crippen LogP contribution in [0.2, 0.25) is 0 Å². The molecule has 6 heteroatoms. The largest absolute Gasteiger partial charge is 0.484 e. The molecular weight excluding hydrogens is 371 g/mol. The number of carbonyl (C=O) groups excluding carboxylic acids is 2. The Kier molecular flexibility index (Phi) is 6.52. The van der Waals surface area contributed by atoms with Crippen LogP contribution in [0.4, 0.5) is 4.39 Å². The average Bonchev–Trinajstić information content (AvgIpc) is 2.71. The third kappa shape index (κ3) is 5.56. The standard InChI is InChI=1S/C23H27FN2O3/c1-17-5-3-6-20(13-17)29-15-21(27)26-12-4-11-23(2,16-26)22(28)25-14-18-7-9-19(24)10-8-18/h3,5-10,13H,4,11-12,14-16H2,1-2H3,(H,25,28). The van der Waals surface area contributed by atoms with E-state index in [0.29, 0.717) is 31.8 Å². The Bertz CT molecular complexity index is 869. The van der Waals surface area contributed by atoms with Crippen molar-refractivity contribution in [1.29, 1.82) is 0 Å². The van der Waals surface area contributed by atoms with Gasteiger partial charge in [0.1, 0.15) is 11.6 Å². The molecule has 3 rings (SSSR count). The molecule has 0 aromatic heterocycles. The van der Waals surface area contributed by atoms with Gasteiger partial charge in [0.25, 0.3) is 5.91 Å². The Morgan fingerprint density at radius 2 is 1.97 bits per heavy atom. The van der Waals surface area contributed by atoms with Crippen molar-refractivity contribution in [3.05, 3.63) is 65.5 Å². The van der Waals surface area contributed by atoms with Crippen molar-refractivity contribution in [2.45, 2.75) is 33.2 Å². The third-order valence-corrected chi connectivity index (χ3v) is 5.32. The fourth-order valence-electron chi connectivity index (χ4n) is 3.58. The summed E-state index contributed by atoms with van der Waals surface area (Å²) in [5.41, 5.74) is 1.24. The summed E-state index contributed by atoms with van der Waals surface area (Å²) in [6.45, 7) is 5.12. The van der Waals surface area contributed by atoms with Crippen LogP contribution in [0.3, 0.4) is 0 Å². The molecule has 2 amide bonds. The van der Waals surface area contributed by atoms with Crippen molar-refractivity contribution in [3.63, 3.8) is 0 Å². The summed E-state index contributed by atoms with van der Waals surface area (Å²) >= 11 is 0. The lowest BCUT2D eigenvalue weighted by molar-refractivity contribution is -0.142. The van der Waals surface area contributed by atoms with Crippen molar-refractivity contribution >= 4 is 11.8 Å². The highest BCUT2D eigenvalue weighted by molar-refractivity contribution is 5.84. The first-order chi connectivity index (χ1) is 13.9. The second-order valence-corrected chi connectivity index (χ2v) is 7.89. The molecule has 5 nitrogen and oxygen atoms in total. The quantitative estimate of drug-likeness (QED) is 0.811. The summed E-state index contributed by atoms with van der Waals surface area (Å²) in [6, 6.07) is 13.6. The number of halogens is 1. The number of aryl methyl sites for hydroxylation is 1. The molecule has 1 atom stereocenters. The maximum absolute atomic E-state index is 13.0. The van der Waals surface area contributed by atoms with Crippen molar-refractivity contribution in [1.82, 2.24) is 10.2 Å². The molecule has 1 heterocycles. The van der Waals surface area contributed by atoms with Gasteiger partial charge in [0, 0.05) is 19.6 Å². The molecule has 1 N–H and O–H groups in total. The summed E-state index contributed by atoms with van der Waals surface area (Å²) in [4.78, 5) is 27.1. The Morgan fingerprint density at radius 3 is 2.69 bits per heavy atom. The maximum atomic E-state index is 13.0. The van der Waals surface area contributed by atoms with Gasteiger partial charge in [-0.05, 0) is 62.1 Å². The minimum atomic E-state index is -0.655. The molecule has 2 aromatic rings. The predicted octanol–water partition coefficient (Wildman–Crippen LogP) is 3.46. The van der Waals surface area contributed by atoms with Crippen LogP contribution in [0, 0.1) is 18.2 Å². The fraction of sp³-hybridized carbons (Fsp3) is 0.391. The average molecular weight is 398 g/mol. The molecule has 1 aliphatic rings. The second-order valence-electron chi connectivity index (χ2n) is 7.89. The lowest BCUT2D eigenvalue weighted by Crippen LogP contribution is -2.52. The van der Waals surface area contributed by atoms with Gasteiger partial charge in [0.15, 0.2) is 6.61 Å². The molecule has 0 saturated carbocycles. The number of carbonyl (C=O) groups is 2. The van der Waals surface area contributed by atoms with E-state index in [1.807, 2.05) is 38.1 Å². The van der Waals surface area contributed by atoms with Gasteiger partial charge in [-0.1, -0.05) is 24.3 Å². The molecule has 0 radical (unpaired) electrons. The van der Waals surface area contributed by atoms with Crippen LogP contribution in [0.1, 0.15) is 30.9 Å². The van der Waals surface area contributed by atoms with E-state index in [-0.39, 0.29) is 24.2 Å². The summed E-state index contributed by atoms with van der Waals surface area (Å²) < 4.78 is 18.6. The van der Waals surface area contributed by atoms with Crippen LogP contribution in [0.15, 0.2) is 48.5 Å². The zero-order valence-corrected chi connectivity index (χ0v) is 16.9. The SMILES string of the molecule is Cc1cccc(OCC(=O)N2CCCC(C)(C(=O)NCc3ccc(F)cc3)C2)c1. The van der Waals surface area contributed by atoms with Crippen LogP contribution in [0.5, 0.6) is 5.75 Å². The van der Waals surface area contributed by atoms with E-state index in [1.165, 1.54) is 12.1 Å². The fourth-order valence-corrected chi connectivity index (χ4v) is 3.58. The van der Waals surface area contributed by atoms with E-state index >= 15 is 0 Å². The first kappa shape index (κ1) is 20.8. The van der Waals surface area contributed by atoms with E-state index in [2.05, 4.69) is 5.32 Å². The van der Waals surface area contributed by atoms with Crippen LogP contribution in [-0.4, -0.2) is 36.4 Å². The zero-order valence-electron chi connectivity index (χ0n) is 16.9. The third-order valence-electron chi connectivity index (χ3n) is 5.32. The summed E-state index contributed by atoms with van der Waals surface area (Å²) in [5, 5.41) is 2.92. The number of hydrogen-bond acceptors (Lipinski definition) is 3. The van der Waals surface area contributed by atoms with Crippen LogP contribution in [0.25, 0.3) is 0 Å². The first-order valence-electron chi connectivity index (χ1n) is 9.86. The van der Waals surface area contributed by atoms with Crippen molar-refractivity contribution in [3.8, 4) is 5.75 Å². The minimum absolute atomic E-state index is 0.0449. The van der Waals surface area contributed by atoms with Gasteiger partial charge in [-0.3, -0.25) is 9.59 Å². The Labute approximate surface area is 170 Å². The summed E-state index contributed by atoms with van der Waals surface area (Å²) in [7, 11) is 0. The number of benzene rings is 2. The van der Waals surface area contributed by atoms with Gasteiger partial charge in [0.05, 0.1) is 5.41 Å². The summed E-state index contributed by atoms with van der Waals surface area (Å²) in [6.07, 6.45) is 1.47. The van der Waals surface area contributed by atoms with Crippen LogP contribution in [-0.2, 0) is 16.1 Å². The number of amides is 2. The van der Waals surface area contributed by atoms with Crippen molar-refractivity contribution < 1.29 is 18.7 Å². The lowest BCUT2D eigenvalue weighted by atomic mass is 9.81. The van der Waals surface area contributed by atoms with Gasteiger partial charge in [-0.2, -0.15) is 0 Å². The number of likely N-dealkylation sites (tertiary alicyclic amines) is 1. The Balaban J connectivity index is 1.54. The van der Waals surface area contributed by atoms with Gasteiger partial charge in [-0.15, -0.1) is 0 Å². The van der Waals surface area contributed by atoms with Crippen LogP contribution >= 0.6 is 0 Å². The molecular formula is C23H27FN2O3. The number of hydrogen-bond donors (Lipinski definition) is 1. The first-order valence-corrected chi connectivity index (χ1v) is 9.86. The van der Waals surface area contributed by atoms with Gasteiger partial charge in [-0.25, -0.2) is 4.39 Å². The lowest BCUT2D eigenvalue weighted by Gasteiger charge is -2.39. The molecule has 0 bridgehead atoms. The molecule has 1 saturated heterocycles. The van der Waals surface area contributed by atoms with Gasteiger partial charge < -0.3 is 15.0 Å². The monoisotopic (exact) mass is 398 g/mol. The molecule has 29 heavy (non-hydrogen) atoms. The number of nitrogens with one attached hydrogen (secondary N) is 1. The topological polar surface area (TPSA) is 58.6 Å². The molecule has 0 spiro atoms. The maximum Gasteiger partial charge on any atom is 0.260 e. The summed E-state index contributed by atoms with van der Waals surface area (Å²) in [5.74, 6) is 0.138. The number of piperidine rings is 1. The number of nitrogens with zero attached hydrogens (tertiary/aromatic N) is 1. The van der Waals surface area contributed by atoms with Gasteiger partial charge >= 0.3 is 0 Å². The number of rotatable bonds is 6. The molecule has 154 valence electrons. The zero-order chi connectivity index (χ0) is 20.9. The van der Waals surface area contributed by atoms with Crippen molar-refractivity contribution in [2.75, 3.05) is 19.7 Å². The highest BCUT2D eigenvalue weighted by Gasteiger charge is 2.39.